The summed E-state index contributed by atoms with van der Waals surface area (Å²) in [6.45, 7) is 0. The standard InChI is InChI=1S/C6H9N3O2/c1-8(11-2)6(10)9-4-3-7-5-9/h3-5H,1-2H3. The van der Waals surface area contributed by atoms with E-state index in [0.717, 1.165) is 5.06 Å². The van der Waals surface area contributed by atoms with Crippen LogP contribution in [0.4, 0.5) is 4.79 Å². The Kier molecular flexibility index (Phi) is 2.22. The summed E-state index contributed by atoms with van der Waals surface area (Å²) in [5, 5.41) is 1.11. The molecule has 0 aliphatic rings. The van der Waals surface area contributed by atoms with Gasteiger partial charge in [-0.15, -0.1) is 0 Å². The first kappa shape index (κ1) is 7.74. The second-order valence-electron chi connectivity index (χ2n) is 1.93. The van der Waals surface area contributed by atoms with Gasteiger partial charge in [-0.05, 0) is 0 Å². The number of nitrogens with zero attached hydrogens (tertiary/aromatic N) is 3. The van der Waals surface area contributed by atoms with Crippen LogP contribution in [0.25, 0.3) is 0 Å². The summed E-state index contributed by atoms with van der Waals surface area (Å²) >= 11 is 0. The third-order valence-electron chi connectivity index (χ3n) is 1.27. The number of imidazole rings is 1. The van der Waals surface area contributed by atoms with Gasteiger partial charge in [-0.2, -0.15) is 0 Å². The molecule has 0 atom stereocenters. The molecular weight excluding hydrogens is 146 g/mol. The summed E-state index contributed by atoms with van der Waals surface area (Å²) in [7, 11) is 2.96. The molecule has 0 aliphatic carbocycles. The van der Waals surface area contributed by atoms with Gasteiger partial charge in [0.25, 0.3) is 0 Å². The number of carbonyl (C=O) groups excluding carboxylic acids is 1. The molecule has 0 fully saturated rings. The maximum Gasteiger partial charge on any atom is 0.353 e. The number of rotatable bonds is 1. The van der Waals surface area contributed by atoms with E-state index in [2.05, 4.69) is 9.82 Å². The lowest BCUT2D eigenvalue weighted by molar-refractivity contribution is -0.0643. The van der Waals surface area contributed by atoms with Crippen molar-refractivity contribution in [2.45, 2.75) is 0 Å². The van der Waals surface area contributed by atoms with Crippen LogP contribution in [-0.4, -0.2) is 34.8 Å². The van der Waals surface area contributed by atoms with Crippen LogP contribution < -0.4 is 0 Å². The maximum absolute atomic E-state index is 11.2. The molecule has 0 spiro atoms. The van der Waals surface area contributed by atoms with Crippen molar-refractivity contribution in [3.05, 3.63) is 18.7 Å². The van der Waals surface area contributed by atoms with E-state index in [1.807, 2.05) is 0 Å². The largest absolute Gasteiger partial charge is 0.353 e. The van der Waals surface area contributed by atoms with Crippen LogP contribution in [0.15, 0.2) is 18.7 Å². The Balaban J connectivity index is 2.70. The summed E-state index contributed by atoms with van der Waals surface area (Å²) < 4.78 is 1.32. The summed E-state index contributed by atoms with van der Waals surface area (Å²) in [4.78, 5) is 19.6. The smallest absolute Gasteiger partial charge is 0.273 e. The van der Waals surface area contributed by atoms with Gasteiger partial charge in [-0.25, -0.2) is 14.8 Å². The monoisotopic (exact) mass is 155 g/mol. The lowest BCUT2D eigenvalue weighted by Crippen LogP contribution is -2.29. The zero-order valence-electron chi connectivity index (χ0n) is 6.39. The lowest BCUT2D eigenvalue weighted by atomic mass is 10.8. The van der Waals surface area contributed by atoms with E-state index in [1.54, 1.807) is 6.20 Å². The number of aromatic nitrogens is 2. The minimum absolute atomic E-state index is 0.273. The minimum Gasteiger partial charge on any atom is -0.273 e. The van der Waals surface area contributed by atoms with Crippen molar-refractivity contribution < 1.29 is 9.63 Å². The number of carbonyl (C=O) groups is 1. The van der Waals surface area contributed by atoms with E-state index in [-0.39, 0.29) is 6.03 Å². The summed E-state index contributed by atoms with van der Waals surface area (Å²) in [6, 6.07) is -0.273. The van der Waals surface area contributed by atoms with Crippen LogP contribution in [0.3, 0.4) is 0 Å². The fraction of sp³-hybridized carbons (Fsp3) is 0.333. The first-order valence-electron chi connectivity index (χ1n) is 3.06. The van der Waals surface area contributed by atoms with Crippen molar-refractivity contribution in [3.63, 3.8) is 0 Å². The van der Waals surface area contributed by atoms with Crippen molar-refractivity contribution in [2.24, 2.45) is 0 Å². The van der Waals surface area contributed by atoms with E-state index in [1.165, 1.54) is 31.2 Å². The van der Waals surface area contributed by atoms with Crippen molar-refractivity contribution in [1.82, 2.24) is 14.6 Å². The topological polar surface area (TPSA) is 47.4 Å². The normalized spacial score (nSPS) is 9.64. The molecule has 60 valence electrons. The zero-order valence-corrected chi connectivity index (χ0v) is 6.39. The van der Waals surface area contributed by atoms with Gasteiger partial charge in [0.05, 0.1) is 7.11 Å². The highest BCUT2D eigenvalue weighted by molar-refractivity contribution is 5.75. The van der Waals surface area contributed by atoms with Crippen LogP contribution in [0.2, 0.25) is 0 Å². The Bertz CT molecular complexity index is 232. The predicted octanol–water partition coefficient (Wildman–Crippen LogP) is 0.344. The Labute approximate surface area is 64.2 Å². The molecule has 0 bridgehead atoms. The molecule has 0 aliphatic heterocycles. The fourth-order valence-corrected chi connectivity index (χ4v) is 0.613. The molecule has 5 nitrogen and oxygen atoms in total. The van der Waals surface area contributed by atoms with Crippen molar-refractivity contribution >= 4 is 6.03 Å². The van der Waals surface area contributed by atoms with Gasteiger partial charge in [0, 0.05) is 19.4 Å². The first-order chi connectivity index (χ1) is 5.25. The van der Waals surface area contributed by atoms with E-state index in [9.17, 15) is 4.79 Å². The van der Waals surface area contributed by atoms with Gasteiger partial charge in [-0.1, -0.05) is 0 Å². The minimum atomic E-state index is -0.273. The lowest BCUT2D eigenvalue weighted by Gasteiger charge is -2.12. The van der Waals surface area contributed by atoms with Crippen LogP contribution in [0, 0.1) is 0 Å². The summed E-state index contributed by atoms with van der Waals surface area (Å²) in [6.07, 6.45) is 4.50. The molecular formula is C6H9N3O2. The molecule has 1 aromatic rings. The second kappa shape index (κ2) is 3.16. The fourth-order valence-electron chi connectivity index (χ4n) is 0.613. The Hall–Kier alpha value is -1.36. The molecule has 1 rings (SSSR count). The molecule has 5 heteroatoms. The van der Waals surface area contributed by atoms with Gasteiger partial charge in [0.15, 0.2) is 0 Å². The van der Waals surface area contributed by atoms with Crippen LogP contribution in [0.5, 0.6) is 0 Å². The molecule has 0 saturated heterocycles. The van der Waals surface area contributed by atoms with Crippen molar-refractivity contribution in [2.75, 3.05) is 14.2 Å². The van der Waals surface area contributed by atoms with Gasteiger partial charge < -0.3 is 0 Å². The van der Waals surface area contributed by atoms with Crippen molar-refractivity contribution in [3.8, 4) is 0 Å². The molecule has 0 radical (unpaired) electrons. The van der Waals surface area contributed by atoms with Gasteiger partial charge in [0.1, 0.15) is 6.33 Å². The molecule has 0 saturated carbocycles. The highest BCUT2D eigenvalue weighted by Crippen LogP contribution is 1.91. The highest BCUT2D eigenvalue weighted by atomic mass is 16.7. The number of amides is 1. The van der Waals surface area contributed by atoms with Crippen LogP contribution >= 0.6 is 0 Å². The van der Waals surface area contributed by atoms with Gasteiger partial charge in [-0.3, -0.25) is 9.40 Å². The van der Waals surface area contributed by atoms with E-state index in [0.29, 0.717) is 0 Å². The molecule has 11 heavy (non-hydrogen) atoms. The third-order valence-corrected chi connectivity index (χ3v) is 1.27. The summed E-state index contributed by atoms with van der Waals surface area (Å²) in [5.41, 5.74) is 0. The maximum atomic E-state index is 11.2. The summed E-state index contributed by atoms with van der Waals surface area (Å²) in [5.74, 6) is 0. The van der Waals surface area contributed by atoms with Crippen molar-refractivity contribution in [1.29, 1.82) is 0 Å². The first-order valence-corrected chi connectivity index (χ1v) is 3.06. The van der Waals surface area contributed by atoms with E-state index in [4.69, 9.17) is 0 Å². The second-order valence-corrected chi connectivity index (χ2v) is 1.93. The van der Waals surface area contributed by atoms with E-state index >= 15 is 0 Å². The number of hydrogen-bond donors (Lipinski definition) is 0. The molecule has 1 amide bonds. The number of hydroxylamine groups is 2. The van der Waals surface area contributed by atoms with Crippen LogP contribution in [-0.2, 0) is 4.84 Å². The Morgan fingerprint density at radius 1 is 1.73 bits per heavy atom. The Morgan fingerprint density at radius 2 is 2.45 bits per heavy atom. The van der Waals surface area contributed by atoms with Gasteiger partial charge >= 0.3 is 6.03 Å². The average Bonchev–Trinajstić information content (AvgIpc) is 2.53. The molecule has 1 aromatic heterocycles. The molecule has 0 unspecified atom stereocenters. The Morgan fingerprint density at radius 3 is 2.91 bits per heavy atom. The van der Waals surface area contributed by atoms with Crippen LogP contribution in [0.1, 0.15) is 0 Å². The van der Waals surface area contributed by atoms with E-state index < -0.39 is 0 Å². The molecule has 0 N–H and O–H groups in total. The zero-order chi connectivity index (χ0) is 8.27. The predicted molar refractivity (Wildman–Crippen MR) is 37.8 cm³/mol. The number of hydrogen-bond acceptors (Lipinski definition) is 3. The van der Waals surface area contributed by atoms with Gasteiger partial charge in [0.2, 0.25) is 0 Å². The molecule has 1 heterocycles. The third kappa shape index (κ3) is 1.56. The highest BCUT2D eigenvalue weighted by Gasteiger charge is 2.07. The SMILES string of the molecule is CON(C)C(=O)n1ccnc1. The molecule has 0 aromatic carbocycles. The quantitative estimate of drug-likeness (QED) is 0.549. The average molecular weight is 155 g/mol.